The van der Waals surface area contributed by atoms with Crippen LogP contribution in [0.2, 0.25) is 0 Å². The molecule has 7 nitrogen and oxygen atoms in total. The van der Waals surface area contributed by atoms with Gasteiger partial charge in [-0.3, -0.25) is 9.59 Å². The van der Waals surface area contributed by atoms with Crippen molar-refractivity contribution in [1.82, 2.24) is 5.32 Å². The van der Waals surface area contributed by atoms with Gasteiger partial charge in [0.25, 0.3) is 5.91 Å². The van der Waals surface area contributed by atoms with Crippen molar-refractivity contribution in [2.24, 2.45) is 5.73 Å². The molecule has 0 aliphatic heterocycles. The van der Waals surface area contributed by atoms with Crippen molar-refractivity contribution in [3.63, 3.8) is 0 Å². The predicted octanol–water partition coefficient (Wildman–Crippen LogP) is 0.0394. The van der Waals surface area contributed by atoms with E-state index in [9.17, 15) is 18.8 Å². The Balaban J connectivity index is 2.49. The molecule has 21 heavy (non-hydrogen) atoms. The monoisotopic (exact) mass is 298 g/mol. The summed E-state index contributed by atoms with van der Waals surface area (Å²) < 4.78 is 18.2. The molecule has 0 fully saturated rings. The number of halogens is 1. The number of carbonyl (C=O) groups is 3. The molecule has 0 aromatic heterocycles. The highest BCUT2D eigenvalue weighted by Crippen LogP contribution is 2.14. The Kier molecular flexibility index (Phi) is 6.12. The Morgan fingerprint density at radius 1 is 1.33 bits per heavy atom. The van der Waals surface area contributed by atoms with Crippen LogP contribution >= 0.6 is 0 Å². The van der Waals surface area contributed by atoms with E-state index >= 15 is 0 Å². The number of hydrogen-bond donors (Lipinski definition) is 3. The molecule has 114 valence electrons. The molecule has 8 heteroatoms. The summed E-state index contributed by atoms with van der Waals surface area (Å²) in [7, 11) is 0. The average molecular weight is 298 g/mol. The number of aliphatic carboxylic acids is 1. The molecule has 0 heterocycles. The highest BCUT2D eigenvalue weighted by Gasteiger charge is 2.20. The quantitative estimate of drug-likeness (QED) is 0.626. The van der Waals surface area contributed by atoms with Crippen molar-refractivity contribution in [3.8, 4) is 5.75 Å². The molecule has 0 saturated heterocycles. The lowest BCUT2D eigenvalue weighted by atomic mass is 10.1. The average Bonchev–Trinajstić information content (AvgIpc) is 2.42. The van der Waals surface area contributed by atoms with Crippen LogP contribution in [-0.2, 0) is 14.4 Å². The van der Waals surface area contributed by atoms with Crippen LogP contribution in [0.1, 0.15) is 12.8 Å². The number of primary amides is 1. The number of nitrogens with one attached hydrogen (secondary N) is 1. The van der Waals surface area contributed by atoms with E-state index in [2.05, 4.69) is 5.32 Å². The van der Waals surface area contributed by atoms with Crippen LogP contribution in [0.5, 0.6) is 5.75 Å². The van der Waals surface area contributed by atoms with Gasteiger partial charge in [0.15, 0.2) is 18.2 Å². The van der Waals surface area contributed by atoms with E-state index in [-0.39, 0.29) is 18.6 Å². The molecular formula is C13H15FN2O5. The van der Waals surface area contributed by atoms with Gasteiger partial charge in [0.2, 0.25) is 5.91 Å². The van der Waals surface area contributed by atoms with Gasteiger partial charge >= 0.3 is 5.97 Å². The topological polar surface area (TPSA) is 119 Å². The van der Waals surface area contributed by atoms with E-state index < -0.39 is 36.2 Å². The summed E-state index contributed by atoms with van der Waals surface area (Å²) >= 11 is 0. The number of rotatable bonds is 8. The standard InChI is InChI=1S/C13H15FN2O5/c14-8-3-1-2-4-10(8)21-7-12(18)16-9(13(19)20)5-6-11(15)17/h1-4,9H,5-7H2,(H2,15,17)(H,16,18)(H,19,20)/t9-/m1/s1. The summed E-state index contributed by atoms with van der Waals surface area (Å²) in [5.41, 5.74) is 4.91. The van der Waals surface area contributed by atoms with Crippen molar-refractivity contribution in [2.75, 3.05) is 6.61 Å². The first-order valence-electron chi connectivity index (χ1n) is 6.08. The fourth-order valence-electron chi connectivity index (χ4n) is 1.49. The maximum absolute atomic E-state index is 13.2. The van der Waals surface area contributed by atoms with Gasteiger partial charge in [-0.1, -0.05) is 12.1 Å². The van der Waals surface area contributed by atoms with Gasteiger partial charge in [-0.05, 0) is 18.6 Å². The minimum absolute atomic E-state index is 0.114. The summed E-state index contributed by atoms with van der Waals surface area (Å²) in [6.45, 7) is -0.540. The van der Waals surface area contributed by atoms with Crippen LogP contribution in [-0.4, -0.2) is 35.5 Å². The molecule has 0 aliphatic rings. The second-order valence-electron chi connectivity index (χ2n) is 4.18. The second kappa shape index (κ2) is 7.83. The van der Waals surface area contributed by atoms with Crippen molar-refractivity contribution in [2.45, 2.75) is 18.9 Å². The van der Waals surface area contributed by atoms with Gasteiger partial charge in [0, 0.05) is 6.42 Å². The third kappa shape index (κ3) is 5.89. The maximum atomic E-state index is 13.2. The van der Waals surface area contributed by atoms with Crippen LogP contribution in [0.15, 0.2) is 24.3 Å². The zero-order chi connectivity index (χ0) is 15.8. The molecular weight excluding hydrogens is 283 g/mol. The van der Waals surface area contributed by atoms with Crippen LogP contribution in [0.25, 0.3) is 0 Å². The largest absolute Gasteiger partial charge is 0.481 e. The minimum atomic E-state index is -1.30. The van der Waals surface area contributed by atoms with Gasteiger partial charge in [-0.15, -0.1) is 0 Å². The Hall–Kier alpha value is -2.64. The Labute approximate surface area is 119 Å². The van der Waals surface area contributed by atoms with Crippen LogP contribution in [0.3, 0.4) is 0 Å². The molecule has 2 amide bonds. The Morgan fingerprint density at radius 3 is 2.57 bits per heavy atom. The van der Waals surface area contributed by atoms with E-state index in [4.69, 9.17) is 15.6 Å². The summed E-state index contributed by atoms with van der Waals surface area (Å²) in [6.07, 6.45) is -0.304. The number of nitrogens with two attached hydrogens (primary N) is 1. The summed E-state index contributed by atoms with van der Waals surface area (Å²) in [6, 6.07) is 4.24. The third-order valence-corrected chi connectivity index (χ3v) is 2.51. The molecule has 0 unspecified atom stereocenters. The number of hydrogen-bond acceptors (Lipinski definition) is 4. The molecule has 0 spiro atoms. The van der Waals surface area contributed by atoms with E-state index in [1.807, 2.05) is 0 Å². The summed E-state index contributed by atoms with van der Waals surface area (Å²) in [5.74, 6) is -3.45. The number of carboxylic acids is 1. The molecule has 1 atom stereocenters. The first kappa shape index (κ1) is 16.4. The van der Waals surface area contributed by atoms with Crippen molar-refractivity contribution in [1.29, 1.82) is 0 Å². The number of ether oxygens (including phenoxy) is 1. The van der Waals surface area contributed by atoms with Gasteiger partial charge in [0.1, 0.15) is 6.04 Å². The zero-order valence-corrected chi connectivity index (χ0v) is 11.0. The van der Waals surface area contributed by atoms with E-state index in [1.54, 1.807) is 0 Å². The highest BCUT2D eigenvalue weighted by atomic mass is 19.1. The first-order valence-corrected chi connectivity index (χ1v) is 6.08. The van der Waals surface area contributed by atoms with Crippen molar-refractivity contribution in [3.05, 3.63) is 30.1 Å². The van der Waals surface area contributed by atoms with Gasteiger partial charge in [-0.2, -0.15) is 0 Å². The normalized spacial score (nSPS) is 11.5. The minimum Gasteiger partial charge on any atom is -0.481 e. The number of amides is 2. The van der Waals surface area contributed by atoms with Crippen molar-refractivity contribution >= 4 is 17.8 Å². The first-order chi connectivity index (χ1) is 9.90. The fourth-order valence-corrected chi connectivity index (χ4v) is 1.49. The Bertz CT molecular complexity index is 535. The van der Waals surface area contributed by atoms with Crippen molar-refractivity contribution < 1.29 is 28.6 Å². The smallest absolute Gasteiger partial charge is 0.326 e. The molecule has 0 bridgehead atoms. The molecule has 1 aromatic rings. The van der Waals surface area contributed by atoms with Gasteiger partial charge in [0.05, 0.1) is 0 Å². The van der Waals surface area contributed by atoms with Gasteiger partial charge in [-0.25, -0.2) is 9.18 Å². The molecule has 0 aliphatic carbocycles. The Morgan fingerprint density at radius 2 is 2.00 bits per heavy atom. The fraction of sp³-hybridized carbons (Fsp3) is 0.308. The predicted molar refractivity (Wildman–Crippen MR) is 69.9 cm³/mol. The van der Waals surface area contributed by atoms with Crippen LogP contribution in [0, 0.1) is 5.82 Å². The number of carbonyl (C=O) groups excluding carboxylic acids is 2. The molecule has 4 N–H and O–H groups in total. The van der Waals surface area contributed by atoms with E-state index in [1.165, 1.54) is 24.3 Å². The highest BCUT2D eigenvalue weighted by molar-refractivity contribution is 5.85. The lowest BCUT2D eigenvalue weighted by Gasteiger charge is -2.14. The summed E-state index contributed by atoms with van der Waals surface area (Å²) in [4.78, 5) is 33.1. The van der Waals surface area contributed by atoms with Crippen LogP contribution in [0.4, 0.5) is 4.39 Å². The second-order valence-corrected chi connectivity index (χ2v) is 4.18. The van der Waals surface area contributed by atoms with Gasteiger partial charge < -0.3 is 20.9 Å². The lowest BCUT2D eigenvalue weighted by molar-refractivity contribution is -0.142. The number of benzene rings is 1. The van der Waals surface area contributed by atoms with Crippen LogP contribution < -0.4 is 15.8 Å². The number of para-hydroxylation sites is 1. The molecule has 1 rings (SSSR count). The lowest BCUT2D eigenvalue weighted by Crippen LogP contribution is -2.43. The molecule has 0 saturated carbocycles. The number of carboxylic acid groups (broad SMARTS) is 1. The summed E-state index contributed by atoms with van der Waals surface area (Å²) in [5, 5.41) is 11.1. The molecule has 0 radical (unpaired) electrons. The van der Waals surface area contributed by atoms with E-state index in [0.29, 0.717) is 0 Å². The zero-order valence-electron chi connectivity index (χ0n) is 11.0. The SMILES string of the molecule is NC(=O)CC[C@@H](NC(=O)COc1ccccc1F)C(=O)O. The van der Waals surface area contributed by atoms with E-state index in [0.717, 1.165) is 0 Å². The third-order valence-electron chi connectivity index (χ3n) is 2.51. The maximum Gasteiger partial charge on any atom is 0.326 e. The molecule has 1 aromatic carbocycles.